The molecular formula is C20H18F3N3O3. The fourth-order valence-corrected chi connectivity index (χ4v) is 4.09. The maximum absolute atomic E-state index is 12.8. The van der Waals surface area contributed by atoms with Gasteiger partial charge in [0.15, 0.2) is 0 Å². The van der Waals surface area contributed by atoms with Crippen LogP contribution in [0.1, 0.15) is 33.6 Å². The molecule has 2 aliphatic rings. The van der Waals surface area contributed by atoms with Gasteiger partial charge in [-0.15, -0.1) is 13.2 Å². The second kappa shape index (κ2) is 7.38. The molecule has 1 N–H and O–H groups in total. The second-order valence-corrected chi connectivity index (χ2v) is 7.24. The number of piperidine rings is 1. The van der Waals surface area contributed by atoms with Gasteiger partial charge in [-0.25, -0.2) is 0 Å². The van der Waals surface area contributed by atoms with E-state index in [4.69, 9.17) is 0 Å². The summed E-state index contributed by atoms with van der Waals surface area (Å²) in [5, 5.41) is 3.02. The first kappa shape index (κ1) is 19.2. The molecule has 2 fully saturated rings. The second-order valence-electron chi connectivity index (χ2n) is 7.24. The number of nitrogens with one attached hydrogen (secondary N) is 1. The predicted octanol–water partition coefficient (Wildman–Crippen LogP) is 3.01. The van der Waals surface area contributed by atoms with Gasteiger partial charge in [0.1, 0.15) is 5.75 Å². The van der Waals surface area contributed by atoms with Crippen LogP contribution < -0.4 is 10.1 Å². The molecule has 1 aromatic heterocycles. The van der Waals surface area contributed by atoms with Crippen molar-refractivity contribution >= 4 is 11.8 Å². The lowest BCUT2D eigenvalue weighted by Gasteiger charge is -2.32. The summed E-state index contributed by atoms with van der Waals surface area (Å²) < 4.78 is 40.6. The van der Waals surface area contributed by atoms with Crippen LogP contribution in [-0.2, 0) is 0 Å². The number of ether oxygens (including phenoxy) is 1. The van der Waals surface area contributed by atoms with E-state index in [-0.39, 0.29) is 35.6 Å². The summed E-state index contributed by atoms with van der Waals surface area (Å²) in [6.45, 7) is 0.502. The van der Waals surface area contributed by atoms with Gasteiger partial charge in [0, 0.05) is 36.6 Å². The topological polar surface area (TPSA) is 71.5 Å². The summed E-state index contributed by atoms with van der Waals surface area (Å²) in [5.74, 6) is -0.630. The summed E-state index contributed by atoms with van der Waals surface area (Å²) in [6, 6.07) is 8.29. The number of halogens is 3. The van der Waals surface area contributed by atoms with Crippen molar-refractivity contribution in [2.24, 2.45) is 5.92 Å². The summed E-state index contributed by atoms with van der Waals surface area (Å²) in [5.41, 5.74) is 0.799. The summed E-state index contributed by atoms with van der Waals surface area (Å²) >= 11 is 0. The van der Waals surface area contributed by atoms with Crippen molar-refractivity contribution in [1.29, 1.82) is 0 Å². The standard InChI is InChI=1S/C20H18F3N3O3/c21-20(22,23)29-16-5-3-12(4-6-16)19(28)26-11-14-8-15(26)9-17(14)25-18(27)13-2-1-7-24-10-13/h1-7,10,14-15,17H,8-9,11H2,(H,25,27). The van der Waals surface area contributed by atoms with Crippen molar-refractivity contribution in [3.05, 3.63) is 59.9 Å². The van der Waals surface area contributed by atoms with Crippen molar-refractivity contribution in [2.45, 2.75) is 31.3 Å². The molecule has 1 saturated heterocycles. The Morgan fingerprint density at radius 3 is 2.45 bits per heavy atom. The maximum atomic E-state index is 12.8. The van der Waals surface area contributed by atoms with Gasteiger partial charge in [-0.1, -0.05) is 0 Å². The minimum absolute atomic E-state index is 0.00204. The van der Waals surface area contributed by atoms with E-state index >= 15 is 0 Å². The fourth-order valence-electron chi connectivity index (χ4n) is 4.09. The third kappa shape index (κ3) is 4.18. The molecule has 29 heavy (non-hydrogen) atoms. The van der Waals surface area contributed by atoms with Crippen LogP contribution in [0.2, 0.25) is 0 Å². The van der Waals surface area contributed by atoms with E-state index in [9.17, 15) is 22.8 Å². The van der Waals surface area contributed by atoms with Crippen molar-refractivity contribution in [1.82, 2.24) is 15.2 Å². The Morgan fingerprint density at radius 2 is 1.86 bits per heavy atom. The van der Waals surface area contributed by atoms with Crippen molar-refractivity contribution in [3.8, 4) is 5.75 Å². The van der Waals surface area contributed by atoms with Crippen LogP contribution >= 0.6 is 0 Å². The van der Waals surface area contributed by atoms with Crippen molar-refractivity contribution in [3.63, 3.8) is 0 Å². The molecule has 1 aliphatic carbocycles. The van der Waals surface area contributed by atoms with E-state index in [1.807, 2.05) is 0 Å². The monoisotopic (exact) mass is 405 g/mol. The van der Waals surface area contributed by atoms with E-state index < -0.39 is 6.36 Å². The zero-order chi connectivity index (χ0) is 20.6. The lowest BCUT2D eigenvalue weighted by molar-refractivity contribution is -0.274. The van der Waals surface area contributed by atoms with Crippen LogP contribution in [0.15, 0.2) is 48.8 Å². The third-order valence-corrected chi connectivity index (χ3v) is 5.38. The summed E-state index contributed by atoms with van der Waals surface area (Å²) in [4.78, 5) is 30.7. The molecule has 2 aromatic rings. The number of alkyl halides is 3. The highest BCUT2D eigenvalue weighted by Crippen LogP contribution is 2.39. The number of pyridine rings is 1. The number of amides is 2. The van der Waals surface area contributed by atoms with E-state index in [0.29, 0.717) is 24.1 Å². The van der Waals surface area contributed by atoms with Crippen LogP contribution in [0.3, 0.4) is 0 Å². The van der Waals surface area contributed by atoms with Crippen LogP contribution in [-0.4, -0.2) is 46.7 Å². The molecule has 1 saturated carbocycles. The Hall–Kier alpha value is -3.10. The lowest BCUT2D eigenvalue weighted by atomic mass is 10.0. The lowest BCUT2D eigenvalue weighted by Crippen LogP contribution is -2.47. The summed E-state index contributed by atoms with van der Waals surface area (Å²) in [7, 11) is 0. The van der Waals surface area contributed by atoms with Gasteiger partial charge in [0.25, 0.3) is 11.8 Å². The Balaban J connectivity index is 1.36. The number of fused-ring (bicyclic) bond motifs is 2. The van der Waals surface area contributed by atoms with Crippen LogP contribution in [0.4, 0.5) is 13.2 Å². The summed E-state index contributed by atoms with van der Waals surface area (Å²) in [6.07, 6.45) is -0.227. The molecule has 2 heterocycles. The van der Waals surface area contributed by atoms with E-state index in [1.54, 1.807) is 23.2 Å². The smallest absolute Gasteiger partial charge is 0.406 e. The number of hydrogen-bond donors (Lipinski definition) is 1. The van der Waals surface area contributed by atoms with Crippen LogP contribution in [0.25, 0.3) is 0 Å². The fraction of sp³-hybridized carbons (Fsp3) is 0.350. The highest BCUT2D eigenvalue weighted by atomic mass is 19.4. The van der Waals surface area contributed by atoms with Crippen molar-refractivity contribution < 1.29 is 27.5 Å². The van der Waals surface area contributed by atoms with Gasteiger partial charge >= 0.3 is 6.36 Å². The molecule has 6 nitrogen and oxygen atoms in total. The number of hydrogen-bond acceptors (Lipinski definition) is 4. The number of nitrogens with zero attached hydrogens (tertiary/aromatic N) is 2. The van der Waals surface area contributed by atoms with E-state index in [0.717, 1.165) is 18.6 Å². The van der Waals surface area contributed by atoms with E-state index in [1.165, 1.54) is 18.3 Å². The number of aromatic nitrogens is 1. The minimum atomic E-state index is -4.77. The Kier molecular flexibility index (Phi) is 4.89. The zero-order valence-corrected chi connectivity index (χ0v) is 15.2. The number of rotatable bonds is 4. The molecule has 1 aliphatic heterocycles. The Morgan fingerprint density at radius 1 is 1.10 bits per heavy atom. The third-order valence-electron chi connectivity index (χ3n) is 5.38. The van der Waals surface area contributed by atoms with Gasteiger partial charge in [-0.2, -0.15) is 0 Å². The zero-order valence-electron chi connectivity index (χ0n) is 15.2. The quantitative estimate of drug-likeness (QED) is 0.849. The molecule has 1 aromatic carbocycles. The first-order valence-electron chi connectivity index (χ1n) is 9.18. The molecule has 3 unspecified atom stereocenters. The SMILES string of the molecule is O=C(NC1CC2CC1CN2C(=O)c1ccc(OC(F)(F)F)cc1)c1cccnc1. The molecule has 4 rings (SSSR count). The Labute approximate surface area is 164 Å². The normalized spacial score (nSPS) is 23.1. The number of carbonyl (C=O) groups is 2. The van der Waals surface area contributed by atoms with Gasteiger partial charge in [-0.05, 0) is 55.2 Å². The van der Waals surface area contributed by atoms with Crippen molar-refractivity contribution in [2.75, 3.05) is 6.54 Å². The first-order chi connectivity index (χ1) is 13.8. The number of benzene rings is 1. The molecule has 9 heteroatoms. The average Bonchev–Trinajstić information content (AvgIpc) is 3.28. The van der Waals surface area contributed by atoms with Gasteiger partial charge < -0.3 is 15.0 Å². The van der Waals surface area contributed by atoms with Gasteiger partial charge in [0.2, 0.25) is 0 Å². The average molecular weight is 405 g/mol. The predicted molar refractivity (Wildman–Crippen MR) is 96.2 cm³/mol. The molecule has 152 valence electrons. The van der Waals surface area contributed by atoms with Gasteiger partial charge in [0.05, 0.1) is 5.56 Å². The number of likely N-dealkylation sites (tertiary alicyclic amines) is 1. The highest BCUT2D eigenvalue weighted by molar-refractivity contribution is 5.95. The number of carbonyl (C=O) groups excluding carboxylic acids is 2. The minimum Gasteiger partial charge on any atom is -0.406 e. The molecule has 0 spiro atoms. The van der Waals surface area contributed by atoms with Crippen LogP contribution in [0, 0.1) is 5.92 Å². The maximum Gasteiger partial charge on any atom is 0.573 e. The Bertz CT molecular complexity index is 903. The molecular weight excluding hydrogens is 387 g/mol. The van der Waals surface area contributed by atoms with Gasteiger partial charge in [-0.3, -0.25) is 14.6 Å². The molecule has 2 amide bonds. The molecule has 2 bridgehead atoms. The first-order valence-corrected chi connectivity index (χ1v) is 9.18. The largest absolute Gasteiger partial charge is 0.573 e. The molecule has 0 radical (unpaired) electrons. The molecule has 3 atom stereocenters. The van der Waals surface area contributed by atoms with Crippen LogP contribution in [0.5, 0.6) is 5.75 Å². The van der Waals surface area contributed by atoms with E-state index in [2.05, 4.69) is 15.0 Å². The highest BCUT2D eigenvalue weighted by Gasteiger charge is 2.47.